The number of phenols is 2. The second-order valence-corrected chi connectivity index (χ2v) is 5.61. The van der Waals surface area contributed by atoms with Gasteiger partial charge in [-0.2, -0.15) is 0 Å². The summed E-state index contributed by atoms with van der Waals surface area (Å²) in [4.78, 5) is 14.5. The van der Waals surface area contributed by atoms with Crippen molar-refractivity contribution in [2.45, 2.75) is 38.6 Å². The van der Waals surface area contributed by atoms with Crippen molar-refractivity contribution in [2.24, 2.45) is 11.7 Å². The maximum atomic E-state index is 12.7. The lowest BCUT2D eigenvalue weighted by atomic mass is 9.83. The number of phenolic OH excluding ortho intramolecular Hbond substituents is 2. The van der Waals surface area contributed by atoms with E-state index in [1.165, 1.54) is 18.2 Å². The number of nitrogens with two attached hydrogens (primary N) is 1. The van der Waals surface area contributed by atoms with Crippen LogP contribution in [0.3, 0.4) is 0 Å². The van der Waals surface area contributed by atoms with Crippen LogP contribution in [-0.4, -0.2) is 40.2 Å². The van der Waals surface area contributed by atoms with Crippen LogP contribution in [0.2, 0.25) is 0 Å². The van der Waals surface area contributed by atoms with E-state index in [2.05, 4.69) is 0 Å². The normalized spacial score (nSPS) is 22.0. The first-order valence-corrected chi connectivity index (χ1v) is 7.62. The molecule has 0 saturated heterocycles. The van der Waals surface area contributed by atoms with Gasteiger partial charge < -0.3 is 20.8 Å². The van der Waals surface area contributed by atoms with E-state index in [1.807, 2.05) is 6.92 Å². The fourth-order valence-electron chi connectivity index (χ4n) is 3.29. The molecule has 0 heterocycles. The van der Waals surface area contributed by atoms with E-state index in [9.17, 15) is 15.0 Å². The van der Waals surface area contributed by atoms with Crippen molar-refractivity contribution < 1.29 is 15.0 Å². The third kappa shape index (κ3) is 3.13. The Morgan fingerprint density at radius 1 is 1.29 bits per heavy atom. The molecule has 2 rings (SSSR count). The zero-order valence-corrected chi connectivity index (χ0v) is 12.5. The molecule has 5 heteroatoms. The number of hydrogen-bond acceptors (Lipinski definition) is 4. The molecule has 1 aliphatic carbocycles. The Morgan fingerprint density at radius 2 is 1.90 bits per heavy atom. The SMILES string of the molecule is CCN(C(=O)c1c(O)cccc1O)C1CCCCC1CN. The summed E-state index contributed by atoms with van der Waals surface area (Å²) in [6, 6.07) is 4.44. The summed E-state index contributed by atoms with van der Waals surface area (Å²) >= 11 is 0. The van der Waals surface area contributed by atoms with Gasteiger partial charge in [0.15, 0.2) is 0 Å². The van der Waals surface area contributed by atoms with Crippen molar-refractivity contribution in [3.05, 3.63) is 23.8 Å². The molecule has 0 aromatic heterocycles. The number of hydrogen-bond donors (Lipinski definition) is 3. The van der Waals surface area contributed by atoms with Crippen molar-refractivity contribution >= 4 is 5.91 Å². The highest BCUT2D eigenvalue weighted by molar-refractivity contribution is 5.99. The van der Waals surface area contributed by atoms with Gasteiger partial charge in [-0.25, -0.2) is 0 Å². The van der Waals surface area contributed by atoms with E-state index >= 15 is 0 Å². The predicted molar refractivity (Wildman–Crippen MR) is 81.3 cm³/mol. The van der Waals surface area contributed by atoms with E-state index in [-0.39, 0.29) is 34.9 Å². The molecule has 0 spiro atoms. The summed E-state index contributed by atoms with van der Waals surface area (Å²) in [6.07, 6.45) is 4.18. The van der Waals surface area contributed by atoms with Gasteiger partial charge in [0.1, 0.15) is 17.1 Å². The van der Waals surface area contributed by atoms with Crippen LogP contribution in [0.15, 0.2) is 18.2 Å². The minimum atomic E-state index is -0.321. The van der Waals surface area contributed by atoms with E-state index in [1.54, 1.807) is 4.90 Å². The monoisotopic (exact) mass is 292 g/mol. The zero-order chi connectivity index (χ0) is 15.4. The van der Waals surface area contributed by atoms with Gasteiger partial charge in [0, 0.05) is 12.6 Å². The maximum Gasteiger partial charge on any atom is 0.261 e. The molecule has 0 radical (unpaired) electrons. The molecule has 1 aromatic rings. The summed E-state index contributed by atoms with van der Waals surface area (Å²) in [5.74, 6) is -0.397. The average Bonchev–Trinajstić information content (AvgIpc) is 2.48. The van der Waals surface area contributed by atoms with Gasteiger partial charge >= 0.3 is 0 Å². The Kier molecular flexibility index (Phi) is 5.07. The summed E-state index contributed by atoms with van der Waals surface area (Å²) < 4.78 is 0. The van der Waals surface area contributed by atoms with Gasteiger partial charge in [-0.15, -0.1) is 0 Å². The van der Waals surface area contributed by atoms with Crippen LogP contribution in [0, 0.1) is 5.92 Å². The van der Waals surface area contributed by atoms with Crippen LogP contribution in [-0.2, 0) is 0 Å². The van der Waals surface area contributed by atoms with Gasteiger partial charge in [0.05, 0.1) is 0 Å². The minimum absolute atomic E-state index is 0.0132. The Labute approximate surface area is 125 Å². The Hall–Kier alpha value is -1.75. The molecule has 5 nitrogen and oxygen atoms in total. The molecule has 21 heavy (non-hydrogen) atoms. The van der Waals surface area contributed by atoms with Gasteiger partial charge in [-0.1, -0.05) is 18.9 Å². The second kappa shape index (κ2) is 6.80. The van der Waals surface area contributed by atoms with E-state index in [0.29, 0.717) is 13.1 Å². The maximum absolute atomic E-state index is 12.7. The summed E-state index contributed by atoms with van der Waals surface area (Å²) in [6.45, 7) is 3.01. The second-order valence-electron chi connectivity index (χ2n) is 5.61. The third-order valence-electron chi connectivity index (χ3n) is 4.41. The molecule has 2 unspecified atom stereocenters. The van der Waals surface area contributed by atoms with Crippen molar-refractivity contribution in [1.82, 2.24) is 4.90 Å². The topological polar surface area (TPSA) is 86.8 Å². The number of carbonyl (C=O) groups is 1. The van der Waals surface area contributed by atoms with Crippen molar-refractivity contribution in [2.75, 3.05) is 13.1 Å². The highest BCUT2D eigenvalue weighted by Gasteiger charge is 2.33. The highest BCUT2D eigenvalue weighted by Crippen LogP contribution is 2.32. The lowest BCUT2D eigenvalue weighted by molar-refractivity contribution is 0.0554. The quantitative estimate of drug-likeness (QED) is 0.793. The average molecular weight is 292 g/mol. The molecule has 0 aliphatic heterocycles. The van der Waals surface area contributed by atoms with Gasteiger partial charge in [-0.3, -0.25) is 4.79 Å². The number of nitrogens with zero attached hydrogens (tertiary/aromatic N) is 1. The molecule has 0 bridgehead atoms. The first-order chi connectivity index (χ1) is 10.1. The lowest BCUT2D eigenvalue weighted by Crippen LogP contribution is -2.48. The molecule has 1 fully saturated rings. The largest absolute Gasteiger partial charge is 0.507 e. The predicted octanol–water partition coefficient (Wildman–Crippen LogP) is 2.08. The van der Waals surface area contributed by atoms with Crippen molar-refractivity contribution in [1.29, 1.82) is 0 Å². The fraction of sp³-hybridized carbons (Fsp3) is 0.562. The van der Waals surface area contributed by atoms with Crippen molar-refractivity contribution in [3.63, 3.8) is 0 Å². The smallest absolute Gasteiger partial charge is 0.261 e. The molecular formula is C16H24N2O3. The van der Waals surface area contributed by atoms with Gasteiger partial charge in [0.2, 0.25) is 0 Å². The van der Waals surface area contributed by atoms with Crippen LogP contribution < -0.4 is 5.73 Å². The highest BCUT2D eigenvalue weighted by atomic mass is 16.3. The zero-order valence-electron chi connectivity index (χ0n) is 12.5. The molecule has 1 aromatic carbocycles. The van der Waals surface area contributed by atoms with Gasteiger partial charge in [-0.05, 0) is 44.4 Å². The number of rotatable bonds is 4. The molecule has 1 saturated carbocycles. The van der Waals surface area contributed by atoms with Crippen LogP contribution in [0.25, 0.3) is 0 Å². The van der Waals surface area contributed by atoms with Crippen LogP contribution in [0.5, 0.6) is 11.5 Å². The standard InChI is InChI=1S/C16H24N2O3/c1-2-18(12-7-4-3-6-11(12)10-17)16(21)15-13(19)8-5-9-14(15)20/h5,8-9,11-12,19-20H,2-4,6-7,10,17H2,1H3. The molecule has 1 amide bonds. The number of benzene rings is 1. The summed E-state index contributed by atoms with van der Waals surface area (Å²) in [7, 11) is 0. The van der Waals surface area contributed by atoms with Crippen LogP contribution in [0.4, 0.5) is 0 Å². The van der Waals surface area contributed by atoms with E-state index < -0.39 is 0 Å². The van der Waals surface area contributed by atoms with Crippen molar-refractivity contribution in [3.8, 4) is 11.5 Å². The minimum Gasteiger partial charge on any atom is -0.507 e. The van der Waals surface area contributed by atoms with E-state index in [0.717, 1.165) is 25.7 Å². The van der Waals surface area contributed by atoms with Crippen LogP contribution >= 0.6 is 0 Å². The molecule has 116 valence electrons. The summed E-state index contributed by atoms with van der Waals surface area (Å²) in [5, 5.41) is 19.8. The number of carbonyl (C=O) groups excluding carboxylic acids is 1. The van der Waals surface area contributed by atoms with Gasteiger partial charge in [0.25, 0.3) is 5.91 Å². The fourth-order valence-corrected chi connectivity index (χ4v) is 3.29. The Balaban J connectivity index is 2.30. The lowest BCUT2D eigenvalue weighted by Gasteiger charge is -2.39. The first-order valence-electron chi connectivity index (χ1n) is 7.62. The Morgan fingerprint density at radius 3 is 2.48 bits per heavy atom. The number of amides is 1. The third-order valence-corrected chi connectivity index (χ3v) is 4.41. The van der Waals surface area contributed by atoms with Crippen LogP contribution in [0.1, 0.15) is 43.0 Å². The number of aromatic hydroxyl groups is 2. The molecular weight excluding hydrogens is 268 g/mol. The molecule has 2 atom stereocenters. The molecule has 1 aliphatic rings. The Bertz CT molecular complexity index is 484. The summed E-state index contributed by atoms with van der Waals surface area (Å²) in [5.41, 5.74) is 5.83. The first kappa shape index (κ1) is 15.6. The molecule has 4 N–H and O–H groups in total. The van der Waals surface area contributed by atoms with E-state index in [4.69, 9.17) is 5.73 Å².